The molecule has 0 saturated heterocycles. The minimum Gasteiger partial charge on any atom is -0.366 e. The fourth-order valence-electron chi connectivity index (χ4n) is 2.30. The second-order valence-electron chi connectivity index (χ2n) is 5.36. The molecule has 0 bridgehead atoms. The molecule has 0 spiro atoms. The number of nitrogen functional groups attached to an aromatic ring is 1. The van der Waals surface area contributed by atoms with Gasteiger partial charge in [0.25, 0.3) is 0 Å². The van der Waals surface area contributed by atoms with Crippen LogP contribution in [0.15, 0.2) is 36.2 Å². The molecule has 2 N–H and O–H groups in total. The summed E-state index contributed by atoms with van der Waals surface area (Å²) >= 11 is 3.87. The molecule has 0 saturated carbocycles. The van der Waals surface area contributed by atoms with Gasteiger partial charge in [0.15, 0.2) is 0 Å². The highest BCUT2D eigenvalue weighted by atomic mass is 127. The van der Waals surface area contributed by atoms with Crippen LogP contribution in [0.1, 0.15) is 20.3 Å². The van der Waals surface area contributed by atoms with Crippen LogP contribution in [0.3, 0.4) is 0 Å². The number of nitrogens with zero attached hydrogens (tertiary/aromatic N) is 6. The van der Waals surface area contributed by atoms with E-state index in [1.807, 2.05) is 34.5 Å². The summed E-state index contributed by atoms with van der Waals surface area (Å²) in [5, 5.41) is 12.3. The number of anilines is 1. The lowest BCUT2D eigenvalue weighted by Crippen LogP contribution is -1.97. The van der Waals surface area contributed by atoms with Crippen LogP contribution in [0.25, 0.3) is 32.6 Å². The van der Waals surface area contributed by atoms with Gasteiger partial charge < -0.3 is 5.73 Å². The van der Waals surface area contributed by atoms with Gasteiger partial charge in [0.05, 0.1) is 34.5 Å². The monoisotopic (exact) mass is 497 g/mol. The number of hydrogen-bond acceptors (Lipinski definition) is 7. The van der Waals surface area contributed by atoms with Gasteiger partial charge in [0, 0.05) is 22.9 Å². The van der Waals surface area contributed by atoms with E-state index in [1.54, 1.807) is 17.5 Å². The van der Waals surface area contributed by atoms with Crippen molar-refractivity contribution in [3.63, 3.8) is 0 Å². The second-order valence-corrected chi connectivity index (χ2v) is 8.29. The lowest BCUT2D eigenvalue weighted by molar-refractivity contribution is 0.994. The third-order valence-corrected chi connectivity index (χ3v) is 6.08. The highest BCUT2D eigenvalue weighted by molar-refractivity contribution is 14.2. The topological polar surface area (TPSA) is 95.4 Å². The van der Waals surface area contributed by atoms with Crippen molar-refractivity contribution in [2.45, 2.75) is 20.3 Å². The summed E-state index contributed by atoms with van der Waals surface area (Å²) in [4.78, 5) is 8.54. The van der Waals surface area contributed by atoms with E-state index in [4.69, 9.17) is 5.73 Å². The number of hydrogen-bond donors (Lipinski definition) is 1. The van der Waals surface area contributed by atoms with Crippen molar-refractivity contribution in [1.29, 1.82) is 0 Å². The summed E-state index contributed by atoms with van der Waals surface area (Å²) in [5.41, 5.74) is 12.0. The van der Waals surface area contributed by atoms with E-state index in [2.05, 4.69) is 61.2 Å². The van der Waals surface area contributed by atoms with Crippen molar-refractivity contribution in [1.82, 2.24) is 29.7 Å². The summed E-state index contributed by atoms with van der Waals surface area (Å²) in [6.45, 7) is 4.25. The molecule has 3 aromatic heterocycles. The van der Waals surface area contributed by atoms with Gasteiger partial charge in [0.2, 0.25) is 5.95 Å². The third-order valence-electron chi connectivity index (χ3n) is 3.32. The number of benzene rings is 1. The summed E-state index contributed by atoms with van der Waals surface area (Å²) in [6, 6.07) is 4.05. The molecule has 0 amide bonds. The predicted octanol–water partition coefficient (Wildman–Crippen LogP) is 4.80. The van der Waals surface area contributed by atoms with E-state index in [1.165, 1.54) is 6.42 Å². The number of halogens is 1. The van der Waals surface area contributed by atoms with Crippen molar-refractivity contribution in [2.75, 3.05) is 5.73 Å². The SMILES string of the molecule is CCC.Nc1ncc(-c2ccc(-c3cnn(PI)c3)c3ncsc23)nn1. The van der Waals surface area contributed by atoms with Crippen molar-refractivity contribution in [3.8, 4) is 22.4 Å². The number of nitrogens with two attached hydrogens (primary N) is 1. The minimum absolute atomic E-state index is 0.165. The van der Waals surface area contributed by atoms with E-state index in [0.717, 1.165) is 26.9 Å². The van der Waals surface area contributed by atoms with Gasteiger partial charge in [-0.25, -0.2) is 14.4 Å². The normalized spacial score (nSPS) is 11.0. The Labute approximate surface area is 169 Å². The van der Waals surface area contributed by atoms with Gasteiger partial charge in [-0.2, -0.15) is 5.10 Å². The lowest BCUT2D eigenvalue weighted by atomic mass is 10.0. The Morgan fingerprint density at radius 1 is 1.15 bits per heavy atom. The van der Waals surface area contributed by atoms with Gasteiger partial charge in [-0.1, -0.05) is 32.4 Å². The van der Waals surface area contributed by atoms with E-state index in [0.29, 0.717) is 12.1 Å². The Bertz CT molecular complexity index is 999. The first-order chi connectivity index (χ1) is 12.7. The summed E-state index contributed by atoms with van der Waals surface area (Å²) < 4.78 is 2.96. The Morgan fingerprint density at radius 2 is 1.92 bits per heavy atom. The molecule has 26 heavy (non-hydrogen) atoms. The van der Waals surface area contributed by atoms with Crippen LogP contribution in [0.4, 0.5) is 5.95 Å². The number of fused-ring (bicyclic) bond motifs is 1. The van der Waals surface area contributed by atoms with Crippen LogP contribution in [0.5, 0.6) is 0 Å². The van der Waals surface area contributed by atoms with Gasteiger partial charge in [-0.15, -0.1) is 21.5 Å². The van der Waals surface area contributed by atoms with E-state index in [9.17, 15) is 0 Å². The quantitative estimate of drug-likeness (QED) is 0.323. The lowest BCUT2D eigenvalue weighted by Gasteiger charge is -2.05. The zero-order valence-electron chi connectivity index (χ0n) is 14.2. The first-order valence-corrected chi connectivity index (χ1v) is 12.9. The molecule has 4 aromatic rings. The Balaban J connectivity index is 0.000000613. The molecule has 0 aliphatic carbocycles. The minimum atomic E-state index is 0.165. The molecule has 4 rings (SSSR count). The van der Waals surface area contributed by atoms with E-state index < -0.39 is 0 Å². The van der Waals surface area contributed by atoms with Crippen molar-refractivity contribution < 1.29 is 0 Å². The Kier molecular flexibility index (Phi) is 6.44. The van der Waals surface area contributed by atoms with Gasteiger partial charge >= 0.3 is 0 Å². The number of thiazole rings is 1. The summed E-state index contributed by atoms with van der Waals surface area (Å²) in [6.07, 6.45) is 7.35. The molecule has 1 atom stereocenters. The fourth-order valence-corrected chi connectivity index (χ4v) is 4.22. The molecule has 0 radical (unpaired) electrons. The second kappa shape index (κ2) is 8.79. The summed E-state index contributed by atoms with van der Waals surface area (Å²) in [7, 11) is 0. The van der Waals surface area contributed by atoms with Gasteiger partial charge in [-0.05, 0) is 22.0 Å². The van der Waals surface area contributed by atoms with Crippen LogP contribution >= 0.6 is 39.8 Å². The van der Waals surface area contributed by atoms with Gasteiger partial charge in [0.1, 0.15) is 5.69 Å². The molecule has 0 fully saturated rings. The Hall–Kier alpha value is -1.71. The third kappa shape index (κ3) is 3.99. The molecule has 10 heteroatoms. The van der Waals surface area contributed by atoms with E-state index in [-0.39, 0.29) is 5.95 Å². The molecule has 0 aliphatic rings. The smallest absolute Gasteiger partial charge is 0.240 e. The maximum absolute atomic E-state index is 5.51. The van der Waals surface area contributed by atoms with Crippen LogP contribution in [0.2, 0.25) is 0 Å². The molecule has 3 heterocycles. The van der Waals surface area contributed by atoms with Crippen molar-refractivity contribution in [2.24, 2.45) is 0 Å². The van der Waals surface area contributed by atoms with Crippen molar-refractivity contribution >= 4 is 55.9 Å². The molecule has 7 nitrogen and oxygen atoms in total. The fraction of sp³-hybridized carbons (Fsp3) is 0.188. The maximum Gasteiger partial charge on any atom is 0.240 e. The van der Waals surface area contributed by atoms with Crippen molar-refractivity contribution in [3.05, 3.63) is 36.2 Å². The molecule has 134 valence electrons. The standard InChI is InChI=1S/C13H9IN7PS.C3H8/c14-22-21-5-7(3-18-21)8-1-2-9(12-11(8)17-6-23-12)10-4-16-13(15)20-19-10;1-3-2/h1-6,22H,(H2,15,16,20);3H2,1-2H3. The van der Waals surface area contributed by atoms with Crippen LogP contribution in [-0.2, 0) is 0 Å². The molecular weight excluding hydrogens is 480 g/mol. The van der Waals surface area contributed by atoms with E-state index >= 15 is 0 Å². The molecule has 0 aliphatic heterocycles. The molecular formula is C16H17IN7PS. The van der Waals surface area contributed by atoms with Crippen LogP contribution in [-0.4, -0.2) is 29.7 Å². The Morgan fingerprint density at radius 3 is 2.58 bits per heavy atom. The zero-order valence-corrected chi connectivity index (χ0v) is 18.2. The van der Waals surface area contributed by atoms with Crippen LogP contribution < -0.4 is 5.73 Å². The first kappa shape index (κ1) is 19.1. The average molecular weight is 497 g/mol. The maximum atomic E-state index is 5.51. The highest BCUT2D eigenvalue weighted by Crippen LogP contribution is 2.37. The molecule has 1 aromatic carbocycles. The average Bonchev–Trinajstić information content (AvgIpc) is 3.32. The largest absolute Gasteiger partial charge is 0.366 e. The van der Waals surface area contributed by atoms with Crippen LogP contribution in [0, 0.1) is 0 Å². The zero-order chi connectivity index (χ0) is 18.5. The number of aromatic nitrogens is 6. The first-order valence-electron chi connectivity index (χ1n) is 7.91. The highest BCUT2D eigenvalue weighted by Gasteiger charge is 2.14. The number of rotatable bonds is 3. The predicted molar refractivity (Wildman–Crippen MR) is 118 cm³/mol. The molecule has 1 unspecified atom stereocenters. The summed E-state index contributed by atoms with van der Waals surface area (Å²) in [5.74, 6) is 0.165. The van der Waals surface area contributed by atoms with Gasteiger partial charge in [-0.3, -0.25) is 0 Å².